The largest absolute Gasteiger partial charge is 0.324 e. The first-order valence-corrected chi connectivity index (χ1v) is 9.54. The standard InChI is InChI=1S/C20H39N/c1-7-15-16-11-9-10-12-18(16)20(21,17(15)8-2)14(3)13-19(4,5)6/h14-18H,7-13,21H2,1-6H3. The van der Waals surface area contributed by atoms with Crippen molar-refractivity contribution in [3.05, 3.63) is 0 Å². The Bertz CT molecular complexity index is 334. The maximum atomic E-state index is 7.29. The summed E-state index contributed by atoms with van der Waals surface area (Å²) in [7, 11) is 0. The van der Waals surface area contributed by atoms with Gasteiger partial charge in [0.05, 0.1) is 0 Å². The van der Waals surface area contributed by atoms with Crippen LogP contribution in [0.5, 0.6) is 0 Å². The van der Waals surface area contributed by atoms with Crippen LogP contribution in [0.3, 0.4) is 0 Å². The van der Waals surface area contributed by atoms with Crippen LogP contribution < -0.4 is 5.73 Å². The first-order chi connectivity index (χ1) is 9.75. The molecule has 2 aliphatic carbocycles. The number of fused-ring (bicyclic) bond motifs is 1. The Balaban J connectivity index is 2.32. The highest BCUT2D eigenvalue weighted by Gasteiger charge is 2.58. The Labute approximate surface area is 133 Å². The lowest BCUT2D eigenvalue weighted by Gasteiger charge is -2.46. The van der Waals surface area contributed by atoms with E-state index >= 15 is 0 Å². The highest BCUT2D eigenvalue weighted by molar-refractivity contribution is 5.12. The van der Waals surface area contributed by atoms with E-state index in [-0.39, 0.29) is 5.54 Å². The van der Waals surface area contributed by atoms with Crippen molar-refractivity contribution in [2.75, 3.05) is 0 Å². The number of nitrogens with two attached hydrogens (primary N) is 1. The van der Waals surface area contributed by atoms with Crippen molar-refractivity contribution in [2.24, 2.45) is 40.7 Å². The smallest absolute Gasteiger partial charge is 0.0243 e. The zero-order valence-electron chi connectivity index (χ0n) is 15.4. The van der Waals surface area contributed by atoms with Crippen LogP contribution in [0.15, 0.2) is 0 Å². The fourth-order valence-electron chi connectivity index (χ4n) is 6.31. The summed E-state index contributed by atoms with van der Waals surface area (Å²) in [6.07, 6.45) is 9.56. The molecule has 0 aliphatic heterocycles. The van der Waals surface area contributed by atoms with E-state index in [1.54, 1.807) is 0 Å². The highest BCUT2D eigenvalue weighted by atomic mass is 14.9. The summed E-state index contributed by atoms with van der Waals surface area (Å²) in [5.74, 6) is 3.98. The molecule has 2 fully saturated rings. The van der Waals surface area contributed by atoms with Crippen LogP contribution in [0.25, 0.3) is 0 Å². The molecule has 2 N–H and O–H groups in total. The lowest BCUT2D eigenvalue weighted by molar-refractivity contribution is 0.0926. The molecule has 2 rings (SSSR count). The molecule has 1 nitrogen and oxygen atoms in total. The zero-order chi connectivity index (χ0) is 15.8. The lowest BCUT2D eigenvalue weighted by atomic mass is 9.64. The summed E-state index contributed by atoms with van der Waals surface area (Å²) < 4.78 is 0. The Morgan fingerprint density at radius 2 is 1.71 bits per heavy atom. The molecule has 0 spiro atoms. The second-order valence-electron chi connectivity index (χ2n) is 9.31. The van der Waals surface area contributed by atoms with E-state index in [1.165, 1.54) is 44.9 Å². The summed E-state index contributed by atoms with van der Waals surface area (Å²) in [6, 6.07) is 0. The van der Waals surface area contributed by atoms with Gasteiger partial charge in [-0.15, -0.1) is 0 Å². The van der Waals surface area contributed by atoms with E-state index in [2.05, 4.69) is 41.5 Å². The molecule has 0 bridgehead atoms. The molecule has 6 atom stereocenters. The molecule has 21 heavy (non-hydrogen) atoms. The molecule has 0 aromatic carbocycles. The molecule has 1 heteroatoms. The van der Waals surface area contributed by atoms with Crippen molar-refractivity contribution in [2.45, 2.75) is 92.0 Å². The van der Waals surface area contributed by atoms with Crippen LogP contribution in [-0.2, 0) is 0 Å². The minimum Gasteiger partial charge on any atom is -0.324 e. The predicted molar refractivity (Wildman–Crippen MR) is 93.2 cm³/mol. The van der Waals surface area contributed by atoms with Crippen molar-refractivity contribution in [1.29, 1.82) is 0 Å². The van der Waals surface area contributed by atoms with Crippen LogP contribution in [-0.4, -0.2) is 5.54 Å². The molecular weight excluding hydrogens is 254 g/mol. The van der Waals surface area contributed by atoms with Gasteiger partial charge in [0.25, 0.3) is 0 Å². The third-order valence-electron chi connectivity index (χ3n) is 6.85. The second kappa shape index (κ2) is 6.22. The molecular formula is C20H39N. The van der Waals surface area contributed by atoms with E-state index < -0.39 is 0 Å². The Kier molecular flexibility index (Phi) is 5.13. The van der Waals surface area contributed by atoms with Gasteiger partial charge in [0.15, 0.2) is 0 Å². The second-order valence-corrected chi connectivity index (χ2v) is 9.31. The van der Waals surface area contributed by atoms with Crippen LogP contribution >= 0.6 is 0 Å². The number of hydrogen-bond acceptors (Lipinski definition) is 1. The van der Waals surface area contributed by atoms with E-state index in [9.17, 15) is 0 Å². The van der Waals surface area contributed by atoms with Gasteiger partial charge in [-0.05, 0) is 54.3 Å². The summed E-state index contributed by atoms with van der Waals surface area (Å²) in [4.78, 5) is 0. The van der Waals surface area contributed by atoms with Gasteiger partial charge in [0.2, 0.25) is 0 Å². The van der Waals surface area contributed by atoms with Crippen LogP contribution in [0, 0.1) is 35.0 Å². The van der Waals surface area contributed by atoms with Gasteiger partial charge in [-0.2, -0.15) is 0 Å². The van der Waals surface area contributed by atoms with Crippen LogP contribution in [0.4, 0.5) is 0 Å². The van der Waals surface area contributed by atoms with Crippen molar-refractivity contribution in [3.8, 4) is 0 Å². The van der Waals surface area contributed by atoms with Crippen molar-refractivity contribution in [3.63, 3.8) is 0 Å². The van der Waals surface area contributed by atoms with Gasteiger partial charge in [-0.1, -0.05) is 67.2 Å². The fourth-order valence-corrected chi connectivity index (χ4v) is 6.31. The van der Waals surface area contributed by atoms with Crippen LogP contribution in [0.2, 0.25) is 0 Å². The molecule has 0 heterocycles. The minimum absolute atomic E-state index is 0.0911. The third-order valence-corrected chi connectivity index (χ3v) is 6.85. The van der Waals surface area contributed by atoms with Crippen molar-refractivity contribution < 1.29 is 0 Å². The topological polar surface area (TPSA) is 26.0 Å². The number of hydrogen-bond donors (Lipinski definition) is 1. The van der Waals surface area contributed by atoms with Gasteiger partial charge < -0.3 is 5.73 Å². The normalized spacial score (nSPS) is 41.9. The van der Waals surface area contributed by atoms with Crippen LogP contribution in [0.1, 0.15) is 86.5 Å². The maximum Gasteiger partial charge on any atom is 0.0243 e. The molecule has 0 radical (unpaired) electrons. The van der Waals surface area contributed by atoms with Gasteiger partial charge in [0, 0.05) is 5.54 Å². The first kappa shape index (κ1) is 17.3. The monoisotopic (exact) mass is 293 g/mol. The highest BCUT2D eigenvalue weighted by Crippen LogP contribution is 2.59. The summed E-state index contributed by atoms with van der Waals surface area (Å²) in [5.41, 5.74) is 7.76. The maximum absolute atomic E-state index is 7.29. The zero-order valence-corrected chi connectivity index (χ0v) is 15.4. The van der Waals surface area contributed by atoms with E-state index in [0.29, 0.717) is 11.3 Å². The Hall–Kier alpha value is -0.0400. The quantitative estimate of drug-likeness (QED) is 0.714. The Morgan fingerprint density at radius 1 is 1.10 bits per heavy atom. The van der Waals surface area contributed by atoms with Crippen molar-refractivity contribution in [1.82, 2.24) is 0 Å². The molecule has 2 saturated carbocycles. The van der Waals surface area contributed by atoms with Gasteiger partial charge in [0.1, 0.15) is 0 Å². The predicted octanol–water partition coefficient (Wildman–Crippen LogP) is 5.63. The summed E-state index contributed by atoms with van der Waals surface area (Å²) in [5, 5.41) is 0. The Morgan fingerprint density at radius 3 is 2.24 bits per heavy atom. The minimum atomic E-state index is 0.0911. The molecule has 0 aromatic heterocycles. The molecule has 0 amide bonds. The summed E-state index contributed by atoms with van der Waals surface area (Å²) in [6.45, 7) is 14.4. The average Bonchev–Trinajstić information content (AvgIpc) is 2.67. The molecule has 0 aromatic rings. The summed E-state index contributed by atoms with van der Waals surface area (Å²) >= 11 is 0. The SMILES string of the molecule is CCC1C2CCCCC2C(N)(C(C)CC(C)(C)C)C1CC. The van der Waals surface area contributed by atoms with Crippen molar-refractivity contribution >= 4 is 0 Å². The number of rotatable bonds is 4. The van der Waals surface area contributed by atoms with E-state index in [1.807, 2.05) is 0 Å². The average molecular weight is 294 g/mol. The van der Waals surface area contributed by atoms with Gasteiger partial charge in [-0.25, -0.2) is 0 Å². The molecule has 6 unspecified atom stereocenters. The first-order valence-electron chi connectivity index (χ1n) is 9.54. The molecule has 124 valence electrons. The fraction of sp³-hybridized carbons (Fsp3) is 1.00. The third kappa shape index (κ3) is 3.05. The molecule has 2 aliphatic rings. The van der Waals surface area contributed by atoms with Gasteiger partial charge in [-0.3, -0.25) is 0 Å². The lowest BCUT2D eigenvalue weighted by Crippen LogP contribution is -2.56. The van der Waals surface area contributed by atoms with Gasteiger partial charge >= 0.3 is 0 Å². The molecule has 0 saturated heterocycles. The van der Waals surface area contributed by atoms with E-state index in [4.69, 9.17) is 5.73 Å². The van der Waals surface area contributed by atoms with E-state index in [0.717, 1.165) is 23.7 Å².